The molecule has 1 aliphatic rings. The maximum absolute atomic E-state index is 13.4. The number of halogens is 1. The lowest BCUT2D eigenvalue weighted by Gasteiger charge is -2.32. The monoisotopic (exact) mass is 486 g/mol. The molecule has 0 bridgehead atoms. The van der Waals surface area contributed by atoms with Gasteiger partial charge in [-0.1, -0.05) is 79.7 Å². The number of hydrogen-bond donors (Lipinski definition) is 1. The summed E-state index contributed by atoms with van der Waals surface area (Å²) in [6, 6.07) is 15.6. The van der Waals surface area contributed by atoms with Gasteiger partial charge in [-0.2, -0.15) is 0 Å². The number of carbonyl (C=O) groups excluding carboxylic acids is 2. The molecule has 1 atom stereocenters. The molecule has 6 heteroatoms. The van der Waals surface area contributed by atoms with Crippen LogP contribution in [0.5, 0.6) is 0 Å². The minimum absolute atomic E-state index is 0.00625. The Morgan fingerprint density at radius 1 is 1.09 bits per heavy atom. The van der Waals surface area contributed by atoms with Gasteiger partial charge in [-0.15, -0.1) is 11.8 Å². The maximum Gasteiger partial charge on any atom is 0.243 e. The average molecular weight is 487 g/mol. The zero-order valence-corrected chi connectivity index (χ0v) is 21.3. The largest absolute Gasteiger partial charge is 0.352 e. The highest BCUT2D eigenvalue weighted by Crippen LogP contribution is 2.21. The third-order valence-corrected chi connectivity index (χ3v) is 7.42. The Balaban J connectivity index is 1.69. The van der Waals surface area contributed by atoms with Crippen LogP contribution in [0.25, 0.3) is 0 Å². The van der Waals surface area contributed by atoms with Gasteiger partial charge in [0.25, 0.3) is 0 Å². The van der Waals surface area contributed by atoms with E-state index in [4.69, 9.17) is 11.6 Å². The van der Waals surface area contributed by atoms with Crippen LogP contribution in [0, 0.1) is 6.92 Å². The number of aryl methyl sites for hydroxylation is 1. The molecule has 2 aromatic carbocycles. The highest BCUT2D eigenvalue weighted by Gasteiger charge is 2.30. The first-order valence-corrected chi connectivity index (χ1v) is 13.5. The molecule has 1 saturated carbocycles. The van der Waals surface area contributed by atoms with Crippen molar-refractivity contribution in [1.29, 1.82) is 0 Å². The number of amides is 2. The molecule has 0 aliphatic heterocycles. The zero-order valence-electron chi connectivity index (χ0n) is 19.7. The minimum atomic E-state index is -0.477. The molecule has 1 fully saturated rings. The van der Waals surface area contributed by atoms with Crippen LogP contribution >= 0.6 is 23.4 Å². The molecule has 0 heterocycles. The van der Waals surface area contributed by atoms with E-state index >= 15 is 0 Å². The molecule has 3 rings (SSSR count). The number of carbonyl (C=O) groups is 2. The second-order valence-electron chi connectivity index (χ2n) is 8.90. The third-order valence-electron chi connectivity index (χ3n) is 6.18. The summed E-state index contributed by atoms with van der Waals surface area (Å²) in [6.45, 7) is 4.45. The van der Waals surface area contributed by atoms with Gasteiger partial charge in [-0.3, -0.25) is 9.59 Å². The summed E-state index contributed by atoms with van der Waals surface area (Å²) in [5.41, 5.74) is 3.40. The second kappa shape index (κ2) is 13.0. The Bertz CT molecular complexity index is 913. The normalized spacial score (nSPS) is 15.1. The van der Waals surface area contributed by atoms with E-state index < -0.39 is 6.04 Å². The highest BCUT2D eigenvalue weighted by atomic mass is 35.5. The predicted molar refractivity (Wildman–Crippen MR) is 138 cm³/mol. The van der Waals surface area contributed by atoms with E-state index in [-0.39, 0.29) is 17.9 Å². The zero-order chi connectivity index (χ0) is 23.6. The topological polar surface area (TPSA) is 49.4 Å². The summed E-state index contributed by atoms with van der Waals surface area (Å²) in [7, 11) is 0. The smallest absolute Gasteiger partial charge is 0.243 e. The van der Waals surface area contributed by atoms with Gasteiger partial charge in [0.1, 0.15) is 6.04 Å². The van der Waals surface area contributed by atoms with Gasteiger partial charge >= 0.3 is 0 Å². The molecule has 2 aromatic rings. The summed E-state index contributed by atoms with van der Waals surface area (Å²) in [4.78, 5) is 28.4. The van der Waals surface area contributed by atoms with E-state index in [2.05, 4.69) is 30.4 Å². The van der Waals surface area contributed by atoms with Crippen molar-refractivity contribution >= 4 is 35.2 Å². The Kier molecular flexibility index (Phi) is 10.1. The molecule has 0 aromatic heterocycles. The van der Waals surface area contributed by atoms with Crippen LogP contribution in [-0.4, -0.2) is 34.6 Å². The van der Waals surface area contributed by atoms with Crippen molar-refractivity contribution in [2.75, 3.05) is 5.75 Å². The summed E-state index contributed by atoms with van der Waals surface area (Å²) >= 11 is 7.65. The molecular weight excluding hydrogens is 452 g/mol. The SMILES string of the molecule is CCC(C(=O)NC1CCCCC1)N(Cc1ccc(Cl)cc1)C(=O)CSCc1cccc(C)c1. The lowest BCUT2D eigenvalue weighted by atomic mass is 9.95. The lowest BCUT2D eigenvalue weighted by molar-refractivity contribution is -0.139. The van der Waals surface area contributed by atoms with Crippen molar-refractivity contribution in [2.24, 2.45) is 0 Å². The number of nitrogens with one attached hydrogen (secondary N) is 1. The average Bonchev–Trinajstić information content (AvgIpc) is 2.81. The van der Waals surface area contributed by atoms with Crippen LogP contribution in [0.2, 0.25) is 5.02 Å². The van der Waals surface area contributed by atoms with Crippen molar-refractivity contribution < 1.29 is 9.59 Å². The Morgan fingerprint density at radius 2 is 1.82 bits per heavy atom. The van der Waals surface area contributed by atoms with Gasteiger partial charge < -0.3 is 10.2 Å². The molecule has 0 saturated heterocycles. The van der Waals surface area contributed by atoms with E-state index in [0.717, 1.165) is 37.0 Å². The van der Waals surface area contributed by atoms with E-state index in [1.54, 1.807) is 16.7 Å². The molecule has 1 N–H and O–H groups in total. The Hall–Kier alpha value is -1.98. The van der Waals surface area contributed by atoms with E-state index in [1.807, 2.05) is 37.3 Å². The van der Waals surface area contributed by atoms with Gasteiger partial charge in [-0.05, 0) is 49.4 Å². The summed E-state index contributed by atoms with van der Waals surface area (Å²) in [6.07, 6.45) is 6.19. The van der Waals surface area contributed by atoms with Crippen molar-refractivity contribution in [3.05, 3.63) is 70.2 Å². The fourth-order valence-electron chi connectivity index (χ4n) is 4.39. The van der Waals surface area contributed by atoms with Gasteiger partial charge in [0.05, 0.1) is 5.75 Å². The number of nitrogens with zero attached hydrogens (tertiary/aromatic N) is 1. The quantitative estimate of drug-likeness (QED) is 0.439. The van der Waals surface area contributed by atoms with Crippen LogP contribution in [0.3, 0.4) is 0 Å². The molecule has 1 unspecified atom stereocenters. The fourth-order valence-corrected chi connectivity index (χ4v) is 5.38. The van der Waals surface area contributed by atoms with Crippen molar-refractivity contribution in [2.45, 2.75) is 76.8 Å². The Labute approximate surface area is 207 Å². The number of benzene rings is 2. The summed E-state index contributed by atoms with van der Waals surface area (Å²) in [5.74, 6) is 1.07. The molecule has 33 heavy (non-hydrogen) atoms. The minimum Gasteiger partial charge on any atom is -0.352 e. The van der Waals surface area contributed by atoms with E-state index in [1.165, 1.54) is 17.5 Å². The maximum atomic E-state index is 13.4. The van der Waals surface area contributed by atoms with Crippen molar-refractivity contribution in [3.8, 4) is 0 Å². The van der Waals surface area contributed by atoms with E-state index in [0.29, 0.717) is 23.7 Å². The number of hydrogen-bond acceptors (Lipinski definition) is 3. The van der Waals surface area contributed by atoms with E-state index in [9.17, 15) is 9.59 Å². The molecule has 178 valence electrons. The van der Waals surface area contributed by atoms with Crippen molar-refractivity contribution in [1.82, 2.24) is 10.2 Å². The standard InChI is InChI=1S/C27H35ClN2O2S/c1-3-25(27(32)29-24-10-5-4-6-11-24)30(17-21-12-14-23(28)15-13-21)26(31)19-33-18-22-9-7-8-20(2)16-22/h7-9,12-16,24-25H,3-6,10-11,17-19H2,1-2H3,(H,29,32). The van der Waals surface area contributed by atoms with Crippen LogP contribution in [0.1, 0.15) is 62.1 Å². The molecule has 0 radical (unpaired) electrons. The van der Waals surface area contributed by atoms with Crippen LogP contribution in [0.15, 0.2) is 48.5 Å². The highest BCUT2D eigenvalue weighted by molar-refractivity contribution is 7.99. The third kappa shape index (κ3) is 8.08. The molecule has 0 spiro atoms. The van der Waals surface area contributed by atoms with Crippen LogP contribution in [0.4, 0.5) is 0 Å². The first kappa shape index (κ1) is 25.6. The van der Waals surface area contributed by atoms with Crippen molar-refractivity contribution in [3.63, 3.8) is 0 Å². The fraction of sp³-hybridized carbons (Fsp3) is 0.481. The lowest BCUT2D eigenvalue weighted by Crippen LogP contribution is -2.52. The summed E-state index contributed by atoms with van der Waals surface area (Å²) < 4.78 is 0. The van der Waals surface area contributed by atoms with Gasteiger partial charge in [0.2, 0.25) is 11.8 Å². The Morgan fingerprint density at radius 3 is 2.48 bits per heavy atom. The van der Waals surface area contributed by atoms with Crippen LogP contribution in [-0.2, 0) is 21.9 Å². The van der Waals surface area contributed by atoms with Gasteiger partial charge in [-0.25, -0.2) is 0 Å². The predicted octanol–water partition coefficient (Wildman–Crippen LogP) is 6.14. The summed E-state index contributed by atoms with van der Waals surface area (Å²) in [5, 5.41) is 3.89. The first-order chi connectivity index (χ1) is 16.0. The molecular formula is C27H35ClN2O2S. The number of rotatable bonds is 10. The molecule has 2 amide bonds. The van der Waals surface area contributed by atoms with Gasteiger partial charge in [0.15, 0.2) is 0 Å². The number of thioether (sulfide) groups is 1. The molecule has 1 aliphatic carbocycles. The second-order valence-corrected chi connectivity index (χ2v) is 10.3. The van der Waals surface area contributed by atoms with Crippen LogP contribution < -0.4 is 5.32 Å². The molecule has 4 nitrogen and oxygen atoms in total. The van der Waals surface area contributed by atoms with Gasteiger partial charge in [0, 0.05) is 23.4 Å². The first-order valence-electron chi connectivity index (χ1n) is 11.9.